The number of aromatic nitrogens is 1. The van der Waals surface area contributed by atoms with Gasteiger partial charge in [0.05, 0.1) is 6.42 Å². The van der Waals surface area contributed by atoms with E-state index >= 15 is 0 Å². The molecule has 1 aromatic carbocycles. The van der Waals surface area contributed by atoms with E-state index < -0.39 is 35.7 Å². The molecule has 0 atom stereocenters. The van der Waals surface area contributed by atoms with E-state index in [-0.39, 0.29) is 25.1 Å². The van der Waals surface area contributed by atoms with Gasteiger partial charge in [-0.15, -0.1) is 0 Å². The smallest absolute Gasteiger partial charge is 0.407 e. The number of alkyl carbamates (subject to hydrolysis) is 1. The predicted molar refractivity (Wildman–Crippen MR) is 107 cm³/mol. The van der Waals surface area contributed by atoms with E-state index in [2.05, 4.69) is 10.3 Å². The summed E-state index contributed by atoms with van der Waals surface area (Å²) in [5.41, 5.74) is -0.182. The summed E-state index contributed by atoms with van der Waals surface area (Å²) in [6.07, 6.45) is -0.911. The van der Waals surface area contributed by atoms with E-state index in [0.717, 1.165) is 10.3 Å². The van der Waals surface area contributed by atoms with Crippen molar-refractivity contribution in [2.45, 2.75) is 32.8 Å². The van der Waals surface area contributed by atoms with E-state index in [1.165, 1.54) is 0 Å². The van der Waals surface area contributed by atoms with Gasteiger partial charge in [-0.05, 0) is 38.3 Å². The number of carbonyl (C=O) groups excluding carboxylic acids is 2. The topological polar surface area (TPSA) is 129 Å². The van der Waals surface area contributed by atoms with Crippen LogP contribution in [0.1, 0.15) is 26.3 Å². The monoisotopic (exact) mass is 403 g/mol. The highest BCUT2D eigenvalue weighted by molar-refractivity contribution is 5.85. The number of ether oxygens (including phenoxy) is 1. The molecule has 0 radical (unpaired) electrons. The molecule has 3 N–H and O–H groups in total. The quantitative estimate of drug-likeness (QED) is 0.643. The van der Waals surface area contributed by atoms with E-state index in [4.69, 9.17) is 9.84 Å². The molecule has 0 aliphatic carbocycles. The third kappa shape index (κ3) is 6.95. The van der Waals surface area contributed by atoms with Crippen LogP contribution in [0.15, 0.2) is 35.1 Å². The molecule has 0 aliphatic heterocycles. The molecule has 0 unspecified atom stereocenters. The Hall–Kier alpha value is -3.36. The number of nitrogens with one attached hydrogen (secondary N) is 2. The number of carboxylic acid groups (broad SMARTS) is 1. The second kappa shape index (κ2) is 9.22. The number of fused-ring (bicyclic) bond motifs is 1. The third-order valence-corrected chi connectivity index (χ3v) is 3.90. The van der Waals surface area contributed by atoms with Gasteiger partial charge in [0, 0.05) is 24.2 Å². The Labute approximate surface area is 167 Å². The highest BCUT2D eigenvalue weighted by Gasteiger charge is 2.20. The molecular formula is C20H25N3O6. The molecule has 156 valence electrons. The van der Waals surface area contributed by atoms with Crippen molar-refractivity contribution in [1.29, 1.82) is 0 Å². The van der Waals surface area contributed by atoms with Gasteiger partial charge < -0.3 is 25.0 Å². The number of benzene rings is 1. The molecule has 0 spiro atoms. The van der Waals surface area contributed by atoms with Crippen LogP contribution in [-0.2, 0) is 20.7 Å². The van der Waals surface area contributed by atoms with Crippen molar-refractivity contribution in [2.24, 2.45) is 0 Å². The van der Waals surface area contributed by atoms with Crippen molar-refractivity contribution in [3.8, 4) is 0 Å². The van der Waals surface area contributed by atoms with Crippen LogP contribution in [-0.4, -0.2) is 58.2 Å². The first-order chi connectivity index (χ1) is 13.5. The summed E-state index contributed by atoms with van der Waals surface area (Å²) in [7, 11) is 0. The van der Waals surface area contributed by atoms with E-state index in [1.54, 1.807) is 45.0 Å². The summed E-state index contributed by atoms with van der Waals surface area (Å²) < 4.78 is 5.10. The van der Waals surface area contributed by atoms with Crippen LogP contribution in [0.4, 0.5) is 4.79 Å². The molecule has 1 heterocycles. The zero-order valence-corrected chi connectivity index (χ0v) is 16.7. The van der Waals surface area contributed by atoms with Gasteiger partial charge in [0.25, 0.3) is 5.56 Å². The van der Waals surface area contributed by atoms with Crippen LogP contribution in [0.5, 0.6) is 0 Å². The lowest BCUT2D eigenvalue weighted by atomic mass is 10.1. The summed E-state index contributed by atoms with van der Waals surface area (Å²) in [6.45, 7) is 4.59. The lowest BCUT2D eigenvalue weighted by molar-refractivity contribution is -0.144. The summed E-state index contributed by atoms with van der Waals surface area (Å²) in [6, 6.07) is 8.77. The van der Waals surface area contributed by atoms with E-state index in [9.17, 15) is 19.2 Å². The van der Waals surface area contributed by atoms with Crippen LogP contribution >= 0.6 is 0 Å². The van der Waals surface area contributed by atoms with Crippen LogP contribution in [0, 0.1) is 0 Å². The SMILES string of the molecule is CC(C)(C)OC(=O)NCCN(CC(=O)O)C(=O)Cc1cc2ccccc2[nH]c1=O. The molecule has 9 nitrogen and oxygen atoms in total. The fourth-order valence-corrected chi connectivity index (χ4v) is 2.66. The Bertz CT molecular complexity index is 961. The Morgan fingerprint density at radius 1 is 1.21 bits per heavy atom. The average molecular weight is 403 g/mol. The number of para-hydroxylation sites is 1. The Kier molecular flexibility index (Phi) is 6.98. The van der Waals surface area contributed by atoms with Gasteiger partial charge in [0.2, 0.25) is 5.91 Å². The molecular weight excluding hydrogens is 378 g/mol. The number of nitrogens with zero attached hydrogens (tertiary/aromatic N) is 1. The van der Waals surface area contributed by atoms with Crippen LogP contribution < -0.4 is 10.9 Å². The van der Waals surface area contributed by atoms with Crippen molar-refractivity contribution in [3.05, 3.63) is 46.2 Å². The number of rotatable bonds is 7. The Balaban J connectivity index is 2.05. The number of pyridine rings is 1. The second-order valence-corrected chi connectivity index (χ2v) is 7.53. The number of H-pyrrole nitrogens is 1. The van der Waals surface area contributed by atoms with Gasteiger partial charge >= 0.3 is 12.1 Å². The summed E-state index contributed by atoms with van der Waals surface area (Å²) in [4.78, 5) is 51.4. The largest absolute Gasteiger partial charge is 0.480 e. The first kappa shape index (κ1) is 21.9. The first-order valence-electron chi connectivity index (χ1n) is 9.12. The number of aliphatic carboxylic acids is 1. The van der Waals surface area contributed by atoms with Gasteiger partial charge in [0.1, 0.15) is 12.1 Å². The molecule has 1 aromatic heterocycles. The summed E-state index contributed by atoms with van der Waals surface area (Å²) in [5, 5.41) is 12.3. The molecule has 9 heteroatoms. The fourth-order valence-electron chi connectivity index (χ4n) is 2.66. The predicted octanol–water partition coefficient (Wildman–Crippen LogP) is 1.51. The van der Waals surface area contributed by atoms with Crippen molar-refractivity contribution >= 4 is 28.9 Å². The fraction of sp³-hybridized carbons (Fsp3) is 0.400. The van der Waals surface area contributed by atoms with Crippen LogP contribution in [0.2, 0.25) is 0 Å². The number of aromatic amines is 1. The van der Waals surface area contributed by atoms with Crippen molar-refractivity contribution in [1.82, 2.24) is 15.2 Å². The molecule has 0 saturated heterocycles. The maximum atomic E-state index is 12.6. The average Bonchev–Trinajstić information content (AvgIpc) is 2.59. The molecule has 0 saturated carbocycles. The van der Waals surface area contributed by atoms with Gasteiger partial charge in [-0.2, -0.15) is 0 Å². The van der Waals surface area contributed by atoms with E-state index in [1.807, 2.05) is 6.07 Å². The maximum absolute atomic E-state index is 12.6. The maximum Gasteiger partial charge on any atom is 0.407 e. The Morgan fingerprint density at radius 2 is 1.90 bits per heavy atom. The van der Waals surface area contributed by atoms with Gasteiger partial charge in [0.15, 0.2) is 0 Å². The Morgan fingerprint density at radius 3 is 2.55 bits per heavy atom. The minimum atomic E-state index is -1.19. The van der Waals surface area contributed by atoms with Crippen molar-refractivity contribution in [2.75, 3.05) is 19.6 Å². The number of carboxylic acids is 1. The minimum Gasteiger partial charge on any atom is -0.480 e. The van der Waals surface area contributed by atoms with Crippen LogP contribution in [0.25, 0.3) is 10.9 Å². The second-order valence-electron chi connectivity index (χ2n) is 7.53. The molecule has 0 aliphatic rings. The molecule has 2 amide bonds. The lowest BCUT2D eigenvalue weighted by Crippen LogP contribution is -2.43. The van der Waals surface area contributed by atoms with E-state index in [0.29, 0.717) is 5.52 Å². The first-order valence-corrected chi connectivity index (χ1v) is 9.12. The number of carbonyl (C=O) groups is 3. The molecule has 0 bridgehead atoms. The normalized spacial score (nSPS) is 11.1. The summed E-state index contributed by atoms with van der Waals surface area (Å²) >= 11 is 0. The van der Waals surface area contributed by atoms with Crippen molar-refractivity contribution < 1.29 is 24.2 Å². The molecule has 29 heavy (non-hydrogen) atoms. The van der Waals surface area contributed by atoms with Gasteiger partial charge in [-0.3, -0.25) is 14.4 Å². The molecule has 2 rings (SSSR count). The lowest BCUT2D eigenvalue weighted by Gasteiger charge is -2.23. The zero-order valence-electron chi connectivity index (χ0n) is 16.7. The highest BCUT2D eigenvalue weighted by Crippen LogP contribution is 2.11. The summed E-state index contributed by atoms with van der Waals surface area (Å²) in [5.74, 6) is -1.72. The number of hydrogen-bond acceptors (Lipinski definition) is 5. The zero-order chi connectivity index (χ0) is 21.6. The number of hydrogen-bond donors (Lipinski definition) is 3. The third-order valence-electron chi connectivity index (χ3n) is 3.90. The van der Waals surface area contributed by atoms with Gasteiger partial charge in [-0.25, -0.2) is 4.79 Å². The minimum absolute atomic E-state index is 0.0159. The molecule has 0 fully saturated rings. The van der Waals surface area contributed by atoms with Crippen LogP contribution in [0.3, 0.4) is 0 Å². The van der Waals surface area contributed by atoms with Gasteiger partial charge in [-0.1, -0.05) is 18.2 Å². The molecule has 2 aromatic rings. The van der Waals surface area contributed by atoms with Crippen molar-refractivity contribution in [3.63, 3.8) is 0 Å². The highest BCUT2D eigenvalue weighted by atomic mass is 16.6. The number of amides is 2. The standard InChI is InChI=1S/C20H25N3O6/c1-20(2,3)29-19(28)21-8-9-23(12-17(25)26)16(24)11-14-10-13-6-4-5-7-15(13)22-18(14)27/h4-7,10H,8-9,11-12H2,1-3H3,(H,21,28)(H,22,27)(H,25,26).